The minimum absolute atomic E-state index is 0.0889. The highest BCUT2D eigenvalue weighted by Gasteiger charge is 2.20. The van der Waals surface area contributed by atoms with Crippen molar-refractivity contribution in [2.75, 3.05) is 13.2 Å². The smallest absolute Gasteiger partial charge is 0.244 e. The van der Waals surface area contributed by atoms with E-state index in [1.807, 2.05) is 26.0 Å². The lowest BCUT2D eigenvalue weighted by molar-refractivity contribution is -0.127. The van der Waals surface area contributed by atoms with Gasteiger partial charge in [-0.3, -0.25) is 9.59 Å². The van der Waals surface area contributed by atoms with Crippen LogP contribution < -0.4 is 10.6 Å². The van der Waals surface area contributed by atoms with Gasteiger partial charge in [0.1, 0.15) is 6.04 Å². The molecule has 5 heteroatoms. The van der Waals surface area contributed by atoms with Crippen molar-refractivity contribution in [3.63, 3.8) is 0 Å². The molecule has 1 aromatic rings. The van der Waals surface area contributed by atoms with Crippen LogP contribution in [0.15, 0.2) is 30.3 Å². The highest BCUT2D eigenvalue weighted by atomic mass is 16.3. The minimum atomic E-state index is -0.609. The largest absolute Gasteiger partial charge is 0.395 e. The summed E-state index contributed by atoms with van der Waals surface area (Å²) in [5.41, 5.74) is 2.25. The Hall–Kier alpha value is -2.14. The highest BCUT2D eigenvalue weighted by Crippen LogP contribution is 2.22. The summed E-state index contributed by atoms with van der Waals surface area (Å²) in [6.45, 7) is 10.5. The molecule has 0 unspecified atom stereocenters. The number of carbonyl (C=O) groups is 2. The average molecular weight is 360 g/mol. The van der Waals surface area contributed by atoms with Gasteiger partial charge in [-0.05, 0) is 35.0 Å². The van der Waals surface area contributed by atoms with Gasteiger partial charge in [0.05, 0.1) is 6.61 Å². The van der Waals surface area contributed by atoms with Gasteiger partial charge in [-0.2, -0.15) is 0 Å². The van der Waals surface area contributed by atoms with Crippen LogP contribution in [0, 0.1) is 5.92 Å². The monoisotopic (exact) mass is 360 g/mol. The van der Waals surface area contributed by atoms with E-state index in [-0.39, 0.29) is 36.3 Å². The molecule has 3 N–H and O–H groups in total. The normalized spacial score (nSPS) is 13.0. The first-order valence-electron chi connectivity index (χ1n) is 9.11. The van der Waals surface area contributed by atoms with Gasteiger partial charge in [-0.1, -0.05) is 58.9 Å². The number of hydrogen-bond acceptors (Lipinski definition) is 3. The third-order valence-electron chi connectivity index (χ3n) is 3.95. The number of amides is 2. The Bertz CT molecular complexity index is 613. The van der Waals surface area contributed by atoms with Crippen molar-refractivity contribution in [2.24, 2.45) is 5.92 Å². The number of hydrogen-bond donors (Lipinski definition) is 3. The fraction of sp³-hybridized carbons (Fsp3) is 0.524. The summed E-state index contributed by atoms with van der Waals surface area (Å²) in [6, 6.07) is 7.46. The van der Waals surface area contributed by atoms with Crippen LogP contribution in [0.1, 0.15) is 52.2 Å². The first-order chi connectivity index (χ1) is 12.1. The van der Waals surface area contributed by atoms with Gasteiger partial charge in [-0.25, -0.2) is 0 Å². The molecule has 0 aliphatic rings. The molecular formula is C21H32N2O3. The van der Waals surface area contributed by atoms with Crippen molar-refractivity contribution in [1.29, 1.82) is 0 Å². The average Bonchev–Trinajstić information content (AvgIpc) is 2.56. The third kappa shape index (κ3) is 7.83. The Labute approximate surface area is 156 Å². The summed E-state index contributed by atoms with van der Waals surface area (Å²) in [5, 5.41) is 14.2. The first kappa shape index (κ1) is 21.9. The summed E-state index contributed by atoms with van der Waals surface area (Å²) in [5.74, 6) is -0.326. The maximum atomic E-state index is 12.2. The molecule has 0 fully saturated rings. The van der Waals surface area contributed by atoms with Gasteiger partial charge >= 0.3 is 0 Å². The number of rotatable bonds is 8. The number of aliphatic hydroxyl groups excluding tert-OH is 1. The van der Waals surface area contributed by atoms with E-state index in [2.05, 4.69) is 43.5 Å². The SMILES string of the molecule is CC(C)C[C@H](NC(=O)C=Cc1ccc(C(C)(C)C)cc1)C(=O)NCCO. The van der Waals surface area contributed by atoms with Crippen molar-refractivity contribution in [2.45, 2.75) is 52.5 Å². The van der Waals surface area contributed by atoms with E-state index in [0.717, 1.165) is 5.56 Å². The summed E-state index contributed by atoms with van der Waals surface area (Å²) < 4.78 is 0. The van der Waals surface area contributed by atoms with Crippen LogP contribution in [-0.4, -0.2) is 36.1 Å². The second-order valence-electron chi connectivity index (χ2n) is 7.91. The molecule has 5 nitrogen and oxygen atoms in total. The van der Waals surface area contributed by atoms with Crippen LogP contribution >= 0.6 is 0 Å². The van der Waals surface area contributed by atoms with Gasteiger partial charge in [0, 0.05) is 12.6 Å². The summed E-state index contributed by atoms with van der Waals surface area (Å²) in [6.07, 6.45) is 3.72. The number of carbonyl (C=O) groups excluding carboxylic acids is 2. The molecule has 0 saturated heterocycles. The van der Waals surface area contributed by atoms with E-state index in [1.165, 1.54) is 11.6 Å². The summed E-state index contributed by atoms with van der Waals surface area (Å²) in [7, 11) is 0. The van der Waals surface area contributed by atoms with Gasteiger partial charge < -0.3 is 15.7 Å². The van der Waals surface area contributed by atoms with Crippen LogP contribution in [0.5, 0.6) is 0 Å². The maximum absolute atomic E-state index is 12.2. The molecule has 0 bridgehead atoms. The Morgan fingerprint density at radius 3 is 2.27 bits per heavy atom. The lowest BCUT2D eigenvalue weighted by atomic mass is 9.87. The molecule has 0 radical (unpaired) electrons. The van der Waals surface area contributed by atoms with Crippen molar-refractivity contribution in [3.8, 4) is 0 Å². The fourth-order valence-electron chi connectivity index (χ4n) is 2.49. The molecule has 0 aliphatic carbocycles. The topological polar surface area (TPSA) is 78.4 Å². The standard InChI is InChI=1S/C21H32N2O3/c1-15(2)14-18(20(26)22-12-13-24)23-19(25)11-8-16-6-9-17(10-7-16)21(3,4)5/h6-11,15,18,24H,12-14H2,1-5H3,(H,22,26)(H,23,25)/t18-/m0/s1. The van der Waals surface area contributed by atoms with Gasteiger partial charge in [-0.15, -0.1) is 0 Å². The predicted octanol–water partition coefficient (Wildman–Crippen LogP) is 2.64. The molecule has 144 valence electrons. The number of nitrogens with one attached hydrogen (secondary N) is 2. The maximum Gasteiger partial charge on any atom is 0.244 e. The molecular weight excluding hydrogens is 328 g/mol. The van der Waals surface area contributed by atoms with E-state index in [9.17, 15) is 9.59 Å². The molecule has 1 atom stereocenters. The molecule has 1 aromatic carbocycles. The van der Waals surface area contributed by atoms with Crippen LogP contribution in [0.4, 0.5) is 0 Å². The van der Waals surface area contributed by atoms with E-state index in [4.69, 9.17) is 5.11 Å². The molecule has 26 heavy (non-hydrogen) atoms. The Kier molecular flexibility index (Phi) is 8.52. The predicted molar refractivity (Wildman–Crippen MR) is 106 cm³/mol. The van der Waals surface area contributed by atoms with Crippen molar-refractivity contribution >= 4 is 17.9 Å². The van der Waals surface area contributed by atoms with Crippen molar-refractivity contribution in [3.05, 3.63) is 41.5 Å². The van der Waals surface area contributed by atoms with Gasteiger partial charge in [0.2, 0.25) is 11.8 Å². The van der Waals surface area contributed by atoms with E-state index >= 15 is 0 Å². The molecule has 0 aromatic heterocycles. The van der Waals surface area contributed by atoms with E-state index < -0.39 is 6.04 Å². The highest BCUT2D eigenvalue weighted by molar-refractivity contribution is 5.95. The van der Waals surface area contributed by atoms with Crippen molar-refractivity contribution < 1.29 is 14.7 Å². The van der Waals surface area contributed by atoms with Crippen LogP contribution in [-0.2, 0) is 15.0 Å². The van der Waals surface area contributed by atoms with Crippen LogP contribution in [0.2, 0.25) is 0 Å². The molecule has 1 rings (SSSR count). The number of benzene rings is 1. The van der Waals surface area contributed by atoms with E-state index in [0.29, 0.717) is 6.42 Å². The fourth-order valence-corrected chi connectivity index (χ4v) is 2.49. The molecule has 0 heterocycles. The van der Waals surface area contributed by atoms with Crippen LogP contribution in [0.3, 0.4) is 0 Å². The number of aliphatic hydroxyl groups is 1. The second kappa shape index (κ2) is 10.1. The Morgan fingerprint density at radius 2 is 1.77 bits per heavy atom. The quantitative estimate of drug-likeness (QED) is 0.624. The third-order valence-corrected chi connectivity index (χ3v) is 3.95. The zero-order valence-corrected chi connectivity index (χ0v) is 16.5. The summed E-state index contributed by atoms with van der Waals surface area (Å²) in [4.78, 5) is 24.3. The Balaban J connectivity index is 2.71. The Morgan fingerprint density at radius 1 is 1.15 bits per heavy atom. The van der Waals surface area contributed by atoms with Gasteiger partial charge in [0.25, 0.3) is 0 Å². The molecule has 0 spiro atoms. The van der Waals surface area contributed by atoms with Gasteiger partial charge in [0.15, 0.2) is 0 Å². The lowest BCUT2D eigenvalue weighted by Gasteiger charge is -2.19. The lowest BCUT2D eigenvalue weighted by Crippen LogP contribution is -2.47. The van der Waals surface area contributed by atoms with E-state index in [1.54, 1.807) is 6.08 Å². The molecule has 2 amide bonds. The molecule has 0 aliphatic heterocycles. The zero-order valence-electron chi connectivity index (χ0n) is 16.5. The zero-order chi connectivity index (χ0) is 19.7. The minimum Gasteiger partial charge on any atom is -0.395 e. The second-order valence-corrected chi connectivity index (χ2v) is 7.91. The van der Waals surface area contributed by atoms with Crippen molar-refractivity contribution in [1.82, 2.24) is 10.6 Å². The summed E-state index contributed by atoms with van der Waals surface area (Å²) >= 11 is 0. The molecule has 0 saturated carbocycles. The van der Waals surface area contributed by atoms with Crippen LogP contribution in [0.25, 0.3) is 6.08 Å². The first-order valence-corrected chi connectivity index (χ1v) is 9.11.